The van der Waals surface area contributed by atoms with Gasteiger partial charge in [-0.05, 0) is 0 Å². The van der Waals surface area contributed by atoms with E-state index < -0.39 is 42.3 Å². The van der Waals surface area contributed by atoms with Crippen LogP contribution in [0.1, 0.15) is 12.8 Å². The topological polar surface area (TPSA) is 207 Å². The lowest BCUT2D eigenvalue weighted by molar-refractivity contribution is -0.144. The van der Waals surface area contributed by atoms with Crippen LogP contribution in [0, 0.1) is 0 Å². The van der Waals surface area contributed by atoms with E-state index in [2.05, 4.69) is 5.73 Å². The second-order valence-corrected chi connectivity index (χ2v) is 3.16. The lowest BCUT2D eigenvalue weighted by Gasteiger charge is -1.99. The van der Waals surface area contributed by atoms with E-state index in [0.29, 0.717) is 0 Å². The first-order valence-electron chi connectivity index (χ1n) is 4.54. The molecule has 0 saturated carbocycles. The number of rotatable bonds is 6. The fourth-order valence-electron chi connectivity index (χ4n) is 0.579. The first-order valence-corrected chi connectivity index (χ1v) is 4.54. The average Bonchev–Trinajstić information content (AvgIpc) is 2.16. The number of nitrogens with two attached hydrogens (primary N) is 3. The van der Waals surface area contributed by atoms with Crippen LogP contribution in [0.2, 0.25) is 0 Å². The highest BCUT2D eigenvalue weighted by Crippen LogP contribution is 1.86. The molecule has 10 heteroatoms. The largest absolute Gasteiger partial charge is 0.481 e. The minimum Gasteiger partial charge on any atom is -0.481 e. The normalized spacial score (nSPS) is 12.6. The van der Waals surface area contributed by atoms with Crippen molar-refractivity contribution in [2.45, 2.75) is 24.9 Å². The van der Waals surface area contributed by atoms with Gasteiger partial charge in [-0.25, -0.2) is 0 Å². The first kappa shape index (κ1) is 18.2. The molecule has 18 heavy (non-hydrogen) atoms. The Hall–Kier alpha value is -2.20. The molecule has 0 aromatic rings. The van der Waals surface area contributed by atoms with Crippen molar-refractivity contribution in [1.29, 1.82) is 0 Å². The van der Waals surface area contributed by atoms with Crippen molar-refractivity contribution < 1.29 is 34.5 Å². The number of carbonyl (C=O) groups excluding carboxylic acids is 1. The third-order valence-electron chi connectivity index (χ3n) is 1.45. The van der Waals surface area contributed by atoms with E-state index in [1.807, 2.05) is 0 Å². The van der Waals surface area contributed by atoms with Crippen molar-refractivity contribution >= 4 is 23.8 Å². The standard InChI is InChI=1S/C4H8N2O3.C4H7NO4/c2*5-2(4(8)9)1-3(6)7/h2H,1,5H2,(H2,6,7)(H,8,9);2H,1,5H2,(H,6,7)(H,8,9)/t2-;/m0./s1. The summed E-state index contributed by atoms with van der Waals surface area (Å²) >= 11 is 0. The summed E-state index contributed by atoms with van der Waals surface area (Å²) in [5, 5.41) is 24.1. The van der Waals surface area contributed by atoms with E-state index in [1.54, 1.807) is 0 Å². The molecule has 104 valence electrons. The number of carboxylic acids is 3. The van der Waals surface area contributed by atoms with Gasteiger partial charge in [0, 0.05) is 0 Å². The molecule has 0 spiro atoms. The molecular formula is C8H15N3O7. The van der Waals surface area contributed by atoms with E-state index in [1.165, 1.54) is 0 Å². The molecule has 1 amide bonds. The maximum atomic E-state index is 9.99. The molecular weight excluding hydrogens is 250 g/mol. The lowest BCUT2D eigenvalue weighted by Crippen LogP contribution is -2.34. The zero-order chi connectivity index (χ0) is 14.9. The van der Waals surface area contributed by atoms with Gasteiger partial charge in [0.2, 0.25) is 5.91 Å². The van der Waals surface area contributed by atoms with Gasteiger partial charge >= 0.3 is 17.9 Å². The molecule has 0 aliphatic carbocycles. The van der Waals surface area contributed by atoms with Crippen molar-refractivity contribution in [1.82, 2.24) is 0 Å². The van der Waals surface area contributed by atoms with E-state index >= 15 is 0 Å². The van der Waals surface area contributed by atoms with Crippen LogP contribution < -0.4 is 17.2 Å². The van der Waals surface area contributed by atoms with Crippen molar-refractivity contribution in [2.24, 2.45) is 17.2 Å². The molecule has 1 unspecified atom stereocenters. The Morgan fingerprint density at radius 1 is 0.833 bits per heavy atom. The van der Waals surface area contributed by atoms with Gasteiger partial charge in [-0.1, -0.05) is 0 Å². The van der Waals surface area contributed by atoms with Gasteiger partial charge in [-0.3, -0.25) is 19.2 Å². The first-order chi connectivity index (χ1) is 8.07. The summed E-state index contributed by atoms with van der Waals surface area (Å²) in [6.45, 7) is 0. The lowest BCUT2D eigenvalue weighted by atomic mass is 10.2. The predicted octanol–water partition coefficient (Wildman–Crippen LogP) is -2.85. The summed E-state index contributed by atoms with van der Waals surface area (Å²) in [4.78, 5) is 39.5. The summed E-state index contributed by atoms with van der Waals surface area (Å²) in [5.41, 5.74) is 14.4. The molecule has 0 saturated heterocycles. The fraction of sp³-hybridized carbons (Fsp3) is 0.500. The summed E-state index contributed by atoms with van der Waals surface area (Å²) in [5.74, 6) is -4.42. The van der Waals surface area contributed by atoms with Gasteiger partial charge in [0.05, 0.1) is 12.8 Å². The molecule has 0 heterocycles. The van der Waals surface area contributed by atoms with Crippen molar-refractivity contribution in [3.05, 3.63) is 0 Å². The monoisotopic (exact) mass is 265 g/mol. The fourth-order valence-corrected chi connectivity index (χ4v) is 0.579. The SMILES string of the molecule is NC(=O)C[C@H](N)C(=O)O.NC(CC(=O)O)C(=O)O. The van der Waals surface area contributed by atoms with Crippen LogP contribution in [0.15, 0.2) is 0 Å². The summed E-state index contributed by atoms with van der Waals surface area (Å²) in [6.07, 6.45) is -0.843. The molecule has 0 radical (unpaired) electrons. The minimum atomic E-state index is -1.29. The Bertz CT molecular complexity index is 299. The molecule has 0 aromatic carbocycles. The molecule has 10 nitrogen and oxygen atoms in total. The quantitative estimate of drug-likeness (QED) is 0.291. The Balaban J connectivity index is 0. The number of primary amides is 1. The number of hydrogen-bond donors (Lipinski definition) is 6. The summed E-state index contributed by atoms with van der Waals surface area (Å²) in [6, 6.07) is -2.45. The number of carbonyl (C=O) groups is 4. The van der Waals surface area contributed by atoms with Gasteiger partial charge in [-0.2, -0.15) is 0 Å². The van der Waals surface area contributed by atoms with E-state index in [-0.39, 0.29) is 6.42 Å². The van der Waals surface area contributed by atoms with Crippen LogP contribution in [0.25, 0.3) is 0 Å². The Labute approximate surface area is 101 Å². The minimum absolute atomic E-state index is 0.310. The number of carboxylic acid groups (broad SMARTS) is 3. The van der Waals surface area contributed by atoms with Crippen LogP contribution >= 0.6 is 0 Å². The van der Waals surface area contributed by atoms with Gasteiger partial charge in [-0.15, -0.1) is 0 Å². The third-order valence-corrected chi connectivity index (χ3v) is 1.45. The predicted molar refractivity (Wildman–Crippen MR) is 57.3 cm³/mol. The van der Waals surface area contributed by atoms with Crippen LogP contribution in [0.5, 0.6) is 0 Å². The van der Waals surface area contributed by atoms with Crippen LogP contribution in [-0.4, -0.2) is 51.2 Å². The molecule has 0 aromatic heterocycles. The maximum Gasteiger partial charge on any atom is 0.321 e. The Kier molecular flexibility index (Phi) is 8.98. The molecule has 0 fully saturated rings. The zero-order valence-corrected chi connectivity index (χ0v) is 9.28. The van der Waals surface area contributed by atoms with E-state index in [9.17, 15) is 19.2 Å². The summed E-state index contributed by atoms with van der Waals surface area (Å²) < 4.78 is 0. The Morgan fingerprint density at radius 3 is 1.28 bits per heavy atom. The smallest absolute Gasteiger partial charge is 0.321 e. The van der Waals surface area contributed by atoms with E-state index in [0.717, 1.165) is 0 Å². The number of amides is 1. The molecule has 2 atom stereocenters. The zero-order valence-electron chi connectivity index (χ0n) is 9.28. The molecule has 0 aliphatic rings. The van der Waals surface area contributed by atoms with Gasteiger partial charge < -0.3 is 32.5 Å². The van der Waals surface area contributed by atoms with Gasteiger partial charge in [0.1, 0.15) is 12.1 Å². The van der Waals surface area contributed by atoms with Crippen molar-refractivity contribution in [3.8, 4) is 0 Å². The number of aliphatic carboxylic acids is 3. The highest BCUT2D eigenvalue weighted by molar-refractivity contribution is 5.83. The van der Waals surface area contributed by atoms with Gasteiger partial charge in [0.25, 0.3) is 0 Å². The van der Waals surface area contributed by atoms with E-state index in [4.69, 9.17) is 26.8 Å². The van der Waals surface area contributed by atoms with Crippen molar-refractivity contribution in [2.75, 3.05) is 0 Å². The van der Waals surface area contributed by atoms with Crippen LogP contribution in [-0.2, 0) is 19.2 Å². The second-order valence-electron chi connectivity index (χ2n) is 3.16. The maximum absolute atomic E-state index is 9.99. The molecule has 9 N–H and O–H groups in total. The summed E-state index contributed by atoms with van der Waals surface area (Å²) in [7, 11) is 0. The van der Waals surface area contributed by atoms with Crippen LogP contribution in [0.4, 0.5) is 0 Å². The Morgan fingerprint density at radius 2 is 1.17 bits per heavy atom. The average molecular weight is 265 g/mol. The van der Waals surface area contributed by atoms with Crippen LogP contribution in [0.3, 0.4) is 0 Å². The molecule has 0 bridgehead atoms. The molecule has 0 rings (SSSR count). The number of hydrogen-bond acceptors (Lipinski definition) is 6. The second kappa shape index (κ2) is 8.90. The highest BCUT2D eigenvalue weighted by Gasteiger charge is 2.14. The van der Waals surface area contributed by atoms with Gasteiger partial charge in [0.15, 0.2) is 0 Å². The van der Waals surface area contributed by atoms with Crippen molar-refractivity contribution in [3.63, 3.8) is 0 Å². The third kappa shape index (κ3) is 11.9. The highest BCUT2D eigenvalue weighted by atomic mass is 16.4. The molecule has 0 aliphatic heterocycles.